The fourth-order valence-electron chi connectivity index (χ4n) is 3.26. The summed E-state index contributed by atoms with van der Waals surface area (Å²) < 4.78 is 5.06. The SMILES string of the molecule is NC(=O)O[C@H]1CC[C@H](N[C@@H]2C[C@H]2c2ccccc2)CC1. The third-order valence-corrected chi connectivity index (χ3v) is 4.42. The number of carbonyl (C=O) groups excluding carboxylic acids is 1. The number of primary amides is 1. The van der Waals surface area contributed by atoms with Crippen LogP contribution < -0.4 is 11.1 Å². The van der Waals surface area contributed by atoms with Gasteiger partial charge < -0.3 is 15.8 Å². The van der Waals surface area contributed by atoms with E-state index in [4.69, 9.17) is 10.5 Å². The van der Waals surface area contributed by atoms with Gasteiger partial charge in [0, 0.05) is 18.0 Å². The molecule has 2 saturated carbocycles. The van der Waals surface area contributed by atoms with E-state index in [0.717, 1.165) is 25.7 Å². The Morgan fingerprint density at radius 3 is 2.50 bits per heavy atom. The molecular formula is C16H22N2O2. The zero-order valence-corrected chi connectivity index (χ0v) is 11.6. The molecule has 1 aromatic rings. The van der Waals surface area contributed by atoms with Crippen molar-refractivity contribution in [2.24, 2.45) is 5.73 Å². The third kappa shape index (κ3) is 3.31. The van der Waals surface area contributed by atoms with Crippen LogP contribution in [-0.2, 0) is 4.74 Å². The van der Waals surface area contributed by atoms with Gasteiger partial charge in [-0.3, -0.25) is 0 Å². The average Bonchev–Trinajstić information content (AvgIpc) is 3.21. The number of benzene rings is 1. The lowest BCUT2D eigenvalue weighted by atomic mass is 9.93. The summed E-state index contributed by atoms with van der Waals surface area (Å²) in [5, 5.41) is 3.74. The summed E-state index contributed by atoms with van der Waals surface area (Å²) >= 11 is 0. The summed E-state index contributed by atoms with van der Waals surface area (Å²) in [5.41, 5.74) is 6.50. The molecule has 4 heteroatoms. The lowest BCUT2D eigenvalue weighted by molar-refractivity contribution is 0.0756. The molecule has 0 aliphatic heterocycles. The Hall–Kier alpha value is -1.55. The second-order valence-corrected chi connectivity index (χ2v) is 5.94. The van der Waals surface area contributed by atoms with Gasteiger partial charge in [-0.1, -0.05) is 30.3 Å². The number of nitrogens with one attached hydrogen (secondary N) is 1. The minimum atomic E-state index is -0.646. The zero-order valence-electron chi connectivity index (χ0n) is 11.6. The van der Waals surface area contributed by atoms with Crippen LogP contribution in [0.15, 0.2) is 30.3 Å². The van der Waals surface area contributed by atoms with Crippen LogP contribution in [0.25, 0.3) is 0 Å². The number of hydrogen-bond acceptors (Lipinski definition) is 3. The molecule has 0 heterocycles. The molecule has 4 nitrogen and oxygen atoms in total. The molecule has 3 N–H and O–H groups in total. The van der Waals surface area contributed by atoms with Gasteiger partial charge in [0.15, 0.2) is 0 Å². The molecule has 0 radical (unpaired) electrons. The smallest absolute Gasteiger partial charge is 0.404 e. The van der Waals surface area contributed by atoms with E-state index in [0.29, 0.717) is 18.0 Å². The van der Waals surface area contributed by atoms with Crippen molar-refractivity contribution in [1.29, 1.82) is 0 Å². The second kappa shape index (κ2) is 5.83. The van der Waals surface area contributed by atoms with Crippen molar-refractivity contribution in [2.75, 3.05) is 0 Å². The van der Waals surface area contributed by atoms with Gasteiger partial charge in [-0.2, -0.15) is 0 Å². The van der Waals surface area contributed by atoms with Crippen LogP contribution in [0.4, 0.5) is 4.79 Å². The molecular weight excluding hydrogens is 252 g/mol. The predicted octanol–water partition coefficient (Wildman–Crippen LogP) is 2.54. The molecule has 2 aliphatic carbocycles. The van der Waals surface area contributed by atoms with Gasteiger partial charge in [-0.05, 0) is 37.7 Å². The quantitative estimate of drug-likeness (QED) is 0.886. The van der Waals surface area contributed by atoms with E-state index in [2.05, 4.69) is 35.6 Å². The van der Waals surface area contributed by atoms with Crippen molar-refractivity contribution in [3.63, 3.8) is 0 Å². The Balaban J connectivity index is 1.42. The van der Waals surface area contributed by atoms with E-state index in [1.165, 1.54) is 12.0 Å². The molecule has 0 aromatic heterocycles. The number of hydrogen-bond donors (Lipinski definition) is 2. The fraction of sp³-hybridized carbons (Fsp3) is 0.562. The molecule has 0 unspecified atom stereocenters. The number of nitrogens with two attached hydrogens (primary N) is 1. The minimum absolute atomic E-state index is 0.0228. The molecule has 2 aliphatic rings. The first-order valence-electron chi connectivity index (χ1n) is 7.49. The molecule has 1 amide bonds. The lowest BCUT2D eigenvalue weighted by Crippen LogP contribution is -2.38. The van der Waals surface area contributed by atoms with E-state index in [1.807, 2.05) is 0 Å². The summed E-state index contributed by atoms with van der Waals surface area (Å²) in [5.74, 6) is 0.677. The van der Waals surface area contributed by atoms with Crippen molar-refractivity contribution in [1.82, 2.24) is 5.32 Å². The van der Waals surface area contributed by atoms with E-state index < -0.39 is 6.09 Å². The Morgan fingerprint density at radius 2 is 1.85 bits per heavy atom. The Kier molecular flexibility index (Phi) is 3.92. The molecule has 0 bridgehead atoms. The standard InChI is InChI=1S/C16H22N2O2/c17-16(19)20-13-8-6-12(7-9-13)18-15-10-14(15)11-4-2-1-3-5-11/h1-5,12-15,18H,6-10H2,(H2,17,19)/t12-,13-,14-,15+/m0/s1. The normalized spacial score (nSPS) is 32.6. The minimum Gasteiger partial charge on any atom is -0.446 e. The zero-order chi connectivity index (χ0) is 13.9. The van der Waals surface area contributed by atoms with Crippen LogP contribution in [0, 0.1) is 0 Å². The molecule has 108 valence electrons. The highest BCUT2D eigenvalue weighted by atomic mass is 16.6. The monoisotopic (exact) mass is 274 g/mol. The maximum absolute atomic E-state index is 10.7. The number of carbonyl (C=O) groups is 1. The van der Waals surface area contributed by atoms with Crippen molar-refractivity contribution in [3.05, 3.63) is 35.9 Å². The van der Waals surface area contributed by atoms with Gasteiger partial charge in [0.25, 0.3) is 0 Å². The maximum atomic E-state index is 10.7. The van der Waals surface area contributed by atoms with Gasteiger partial charge in [0.1, 0.15) is 6.10 Å². The molecule has 2 atom stereocenters. The molecule has 0 spiro atoms. The van der Waals surface area contributed by atoms with Crippen LogP contribution in [0.3, 0.4) is 0 Å². The van der Waals surface area contributed by atoms with E-state index >= 15 is 0 Å². The molecule has 1 aromatic carbocycles. The van der Waals surface area contributed by atoms with Crippen molar-refractivity contribution < 1.29 is 9.53 Å². The number of ether oxygens (including phenoxy) is 1. The Labute approximate surface area is 119 Å². The summed E-state index contributed by atoms with van der Waals surface area (Å²) in [6.07, 6.45) is 4.59. The summed E-state index contributed by atoms with van der Waals surface area (Å²) in [6.45, 7) is 0. The van der Waals surface area contributed by atoms with E-state index in [-0.39, 0.29) is 6.10 Å². The maximum Gasteiger partial charge on any atom is 0.404 e. The van der Waals surface area contributed by atoms with Crippen molar-refractivity contribution >= 4 is 6.09 Å². The lowest BCUT2D eigenvalue weighted by Gasteiger charge is -2.28. The van der Waals surface area contributed by atoms with Gasteiger partial charge in [-0.15, -0.1) is 0 Å². The highest BCUT2D eigenvalue weighted by Gasteiger charge is 2.39. The second-order valence-electron chi connectivity index (χ2n) is 5.94. The topological polar surface area (TPSA) is 64.4 Å². The van der Waals surface area contributed by atoms with Crippen LogP contribution in [0.5, 0.6) is 0 Å². The first kappa shape index (κ1) is 13.4. The van der Waals surface area contributed by atoms with E-state index in [9.17, 15) is 4.79 Å². The van der Waals surface area contributed by atoms with Crippen LogP contribution in [0.1, 0.15) is 43.6 Å². The predicted molar refractivity (Wildman–Crippen MR) is 77.4 cm³/mol. The molecule has 3 rings (SSSR count). The number of rotatable bonds is 4. The van der Waals surface area contributed by atoms with Gasteiger partial charge in [-0.25, -0.2) is 4.79 Å². The molecule has 20 heavy (non-hydrogen) atoms. The highest BCUT2D eigenvalue weighted by molar-refractivity contribution is 5.64. The number of amides is 1. The third-order valence-electron chi connectivity index (χ3n) is 4.42. The first-order chi connectivity index (χ1) is 9.72. The highest BCUT2D eigenvalue weighted by Crippen LogP contribution is 2.41. The van der Waals surface area contributed by atoms with Crippen molar-refractivity contribution in [3.8, 4) is 0 Å². The Bertz CT molecular complexity index is 455. The van der Waals surface area contributed by atoms with Gasteiger partial charge >= 0.3 is 6.09 Å². The first-order valence-corrected chi connectivity index (χ1v) is 7.49. The van der Waals surface area contributed by atoms with Gasteiger partial charge in [0.2, 0.25) is 0 Å². The Morgan fingerprint density at radius 1 is 1.15 bits per heavy atom. The summed E-state index contributed by atoms with van der Waals surface area (Å²) in [6, 6.07) is 11.9. The fourth-order valence-corrected chi connectivity index (χ4v) is 3.26. The molecule has 0 saturated heterocycles. The average molecular weight is 274 g/mol. The molecule has 2 fully saturated rings. The van der Waals surface area contributed by atoms with Crippen LogP contribution in [0.2, 0.25) is 0 Å². The van der Waals surface area contributed by atoms with Crippen LogP contribution >= 0.6 is 0 Å². The van der Waals surface area contributed by atoms with Gasteiger partial charge in [0.05, 0.1) is 0 Å². The van der Waals surface area contributed by atoms with E-state index in [1.54, 1.807) is 0 Å². The van der Waals surface area contributed by atoms with Crippen molar-refractivity contribution in [2.45, 2.75) is 56.2 Å². The largest absolute Gasteiger partial charge is 0.446 e. The van der Waals surface area contributed by atoms with Crippen LogP contribution in [-0.4, -0.2) is 24.3 Å². The summed E-state index contributed by atoms with van der Waals surface area (Å²) in [7, 11) is 0. The summed E-state index contributed by atoms with van der Waals surface area (Å²) in [4.78, 5) is 10.7.